The number of carbonyl (C=O) groups is 2. The first-order valence-corrected chi connectivity index (χ1v) is 12.4. The first kappa shape index (κ1) is 31.2. The largest absolute Gasteiger partial charge is 0.453 e. The summed E-state index contributed by atoms with van der Waals surface area (Å²) in [7, 11) is 1.26. The highest BCUT2D eigenvalue weighted by molar-refractivity contribution is 5.94. The normalized spacial score (nSPS) is 18.2. The Kier molecular flexibility index (Phi) is 12.4. The molecule has 5 N–H and O–H groups in total. The van der Waals surface area contributed by atoms with Gasteiger partial charge in [-0.1, -0.05) is 57.9 Å². The summed E-state index contributed by atoms with van der Waals surface area (Å²) >= 11 is 0. The van der Waals surface area contributed by atoms with Crippen LogP contribution in [0.15, 0.2) is 88.8 Å². The molecule has 0 radical (unpaired) electrons. The van der Waals surface area contributed by atoms with Crippen molar-refractivity contribution >= 4 is 17.8 Å². The van der Waals surface area contributed by atoms with Crippen LogP contribution in [0.25, 0.3) is 0 Å². The summed E-state index contributed by atoms with van der Waals surface area (Å²) in [5, 5.41) is 2.62. The number of nitrogens with two attached hydrogens (primary N) is 2. The van der Waals surface area contributed by atoms with Gasteiger partial charge in [0.15, 0.2) is 0 Å². The van der Waals surface area contributed by atoms with Gasteiger partial charge in [0.2, 0.25) is 5.91 Å². The molecule has 2 atom stereocenters. The molecule has 1 fully saturated rings. The summed E-state index contributed by atoms with van der Waals surface area (Å²) in [6.07, 6.45) is 10.3. The van der Waals surface area contributed by atoms with E-state index in [4.69, 9.17) is 11.5 Å². The molecule has 0 bridgehead atoms. The lowest BCUT2D eigenvalue weighted by Crippen LogP contribution is -2.54. The molecule has 2 amide bonds. The van der Waals surface area contributed by atoms with E-state index in [9.17, 15) is 9.59 Å². The Morgan fingerprint density at radius 1 is 1.11 bits per heavy atom. The maximum Gasteiger partial charge on any atom is 0.407 e. The summed E-state index contributed by atoms with van der Waals surface area (Å²) in [4.78, 5) is 31.1. The highest BCUT2D eigenvalue weighted by Crippen LogP contribution is 2.22. The number of rotatable bonds is 11. The summed E-state index contributed by atoms with van der Waals surface area (Å²) in [6, 6.07) is -1.12. The number of carbonyl (C=O) groups excluding carboxylic acids is 2. The zero-order chi connectivity index (χ0) is 28.3. The minimum atomic E-state index is -0.726. The zero-order valence-electron chi connectivity index (χ0n) is 23.1. The van der Waals surface area contributed by atoms with E-state index in [-0.39, 0.29) is 17.7 Å². The van der Waals surface area contributed by atoms with Gasteiger partial charge in [-0.3, -0.25) is 4.79 Å². The van der Waals surface area contributed by atoms with Crippen molar-refractivity contribution in [3.05, 3.63) is 83.8 Å². The van der Waals surface area contributed by atoms with E-state index in [1.807, 2.05) is 58.9 Å². The Labute approximate surface area is 221 Å². The molecule has 0 aromatic rings. The van der Waals surface area contributed by atoms with E-state index in [1.165, 1.54) is 7.11 Å². The minimum Gasteiger partial charge on any atom is -0.453 e. The number of amidine groups is 1. The van der Waals surface area contributed by atoms with E-state index in [2.05, 4.69) is 34.8 Å². The smallest absolute Gasteiger partial charge is 0.407 e. The number of alkyl carbamates (subject to hydrolysis) is 1. The summed E-state index contributed by atoms with van der Waals surface area (Å²) in [6.45, 7) is 22.1. The number of hydrogen-bond acceptors (Lipinski definition) is 5. The molecule has 1 rings (SSSR count). The molecule has 0 aliphatic carbocycles. The molecule has 0 saturated carbocycles. The van der Waals surface area contributed by atoms with Crippen LogP contribution in [-0.2, 0) is 9.53 Å². The second kappa shape index (κ2) is 14.7. The monoisotopic (exact) mass is 509 g/mol. The lowest BCUT2D eigenvalue weighted by atomic mass is 10.0. The van der Waals surface area contributed by atoms with Gasteiger partial charge in [-0.25, -0.2) is 9.79 Å². The Hall–Kier alpha value is -3.81. The molecule has 8 nitrogen and oxygen atoms in total. The van der Waals surface area contributed by atoms with Crippen LogP contribution in [0.5, 0.6) is 0 Å². The van der Waals surface area contributed by atoms with Gasteiger partial charge in [-0.05, 0) is 67.9 Å². The van der Waals surface area contributed by atoms with Crippen molar-refractivity contribution in [2.75, 3.05) is 13.7 Å². The first-order chi connectivity index (χ1) is 17.3. The van der Waals surface area contributed by atoms with Crippen molar-refractivity contribution in [1.82, 2.24) is 10.2 Å². The van der Waals surface area contributed by atoms with Crippen LogP contribution in [0.2, 0.25) is 0 Å². The molecule has 37 heavy (non-hydrogen) atoms. The van der Waals surface area contributed by atoms with Crippen LogP contribution < -0.4 is 16.8 Å². The third kappa shape index (κ3) is 9.29. The molecule has 0 aromatic carbocycles. The lowest BCUT2D eigenvalue weighted by molar-refractivity contribution is -0.134. The van der Waals surface area contributed by atoms with E-state index in [0.29, 0.717) is 24.2 Å². The molecule has 1 saturated heterocycles. The average Bonchev–Trinajstić information content (AvgIpc) is 3.34. The second-order valence-electron chi connectivity index (χ2n) is 9.38. The molecule has 1 aliphatic heterocycles. The van der Waals surface area contributed by atoms with E-state index < -0.39 is 18.2 Å². The van der Waals surface area contributed by atoms with Crippen LogP contribution in [0, 0.1) is 5.92 Å². The molecule has 0 spiro atoms. The Bertz CT molecular complexity index is 1060. The predicted octanol–water partition coefficient (Wildman–Crippen LogP) is 4.65. The molecule has 2 unspecified atom stereocenters. The third-order valence-electron chi connectivity index (χ3n) is 6.07. The van der Waals surface area contributed by atoms with Crippen molar-refractivity contribution in [2.24, 2.45) is 22.4 Å². The number of amides is 2. The highest BCUT2D eigenvalue weighted by atomic mass is 16.5. The fraction of sp³-hybridized carbons (Fsp3) is 0.414. The van der Waals surface area contributed by atoms with Crippen molar-refractivity contribution in [3.63, 3.8) is 0 Å². The van der Waals surface area contributed by atoms with Gasteiger partial charge in [0.05, 0.1) is 18.8 Å². The summed E-state index contributed by atoms with van der Waals surface area (Å²) in [5.74, 6) is -0.0711. The third-order valence-corrected chi connectivity index (χ3v) is 6.07. The molecule has 0 aromatic heterocycles. The van der Waals surface area contributed by atoms with Crippen molar-refractivity contribution < 1.29 is 14.3 Å². The van der Waals surface area contributed by atoms with Crippen LogP contribution in [0.3, 0.4) is 0 Å². The van der Waals surface area contributed by atoms with Crippen molar-refractivity contribution in [1.29, 1.82) is 0 Å². The SMILES string of the molecule is C=C(/C=C\C(=C)/C(C)=C/C(/C=C\C)=C(\C)N)C(=C)N=C(N)C1CCCN1C(=O)C(NC(=O)OC)C(C)C. The number of nitrogens with zero attached hydrogens (tertiary/aromatic N) is 2. The fourth-order valence-corrected chi connectivity index (χ4v) is 3.75. The minimum absolute atomic E-state index is 0.130. The molecule has 1 aliphatic rings. The van der Waals surface area contributed by atoms with Crippen LogP contribution in [0.4, 0.5) is 4.79 Å². The second-order valence-corrected chi connectivity index (χ2v) is 9.38. The standard InChI is InChI=1S/C29H43N5O3/c1-10-12-24(22(7)30)17-21(6)19(4)14-15-20(5)23(8)32-27(31)25-13-11-16-34(25)28(35)26(18(2)3)33-29(36)37-9/h10,12,14-15,17-18,25-26H,4-5,8,11,13,16,30H2,1-3,6-7,9H3,(H2,31,32)(H,33,36)/b12-10-,15-14-,21-17+,24-22+. The van der Waals surface area contributed by atoms with Crippen LogP contribution in [0.1, 0.15) is 47.5 Å². The molecular formula is C29H43N5O3. The molecule has 202 valence electrons. The Balaban J connectivity index is 2.98. The van der Waals surface area contributed by atoms with Gasteiger partial charge in [0.25, 0.3) is 0 Å². The average molecular weight is 510 g/mol. The first-order valence-electron chi connectivity index (χ1n) is 12.4. The maximum absolute atomic E-state index is 13.2. The number of aliphatic imine (C=N–C) groups is 1. The van der Waals surface area contributed by atoms with Crippen LogP contribution in [-0.4, -0.2) is 48.5 Å². The Morgan fingerprint density at radius 2 is 1.73 bits per heavy atom. The van der Waals surface area contributed by atoms with Gasteiger partial charge in [0, 0.05) is 12.2 Å². The topological polar surface area (TPSA) is 123 Å². The maximum atomic E-state index is 13.2. The number of allylic oxidation sites excluding steroid dienone is 9. The van der Waals surface area contributed by atoms with E-state index >= 15 is 0 Å². The van der Waals surface area contributed by atoms with Gasteiger partial charge < -0.3 is 26.4 Å². The molecular weight excluding hydrogens is 466 g/mol. The van der Waals surface area contributed by atoms with Crippen LogP contribution >= 0.6 is 0 Å². The van der Waals surface area contributed by atoms with Crippen molar-refractivity contribution in [2.45, 2.75) is 59.5 Å². The highest BCUT2D eigenvalue weighted by Gasteiger charge is 2.37. The predicted molar refractivity (Wildman–Crippen MR) is 153 cm³/mol. The Morgan fingerprint density at radius 3 is 2.27 bits per heavy atom. The molecule has 1 heterocycles. The van der Waals surface area contributed by atoms with Gasteiger partial charge >= 0.3 is 6.09 Å². The summed E-state index contributed by atoms with van der Waals surface area (Å²) in [5.41, 5.74) is 16.6. The quantitative estimate of drug-likeness (QED) is 0.212. The van der Waals surface area contributed by atoms with E-state index in [0.717, 1.165) is 28.8 Å². The number of hydrogen-bond donors (Lipinski definition) is 3. The zero-order valence-corrected chi connectivity index (χ0v) is 23.1. The fourth-order valence-electron chi connectivity index (χ4n) is 3.75. The number of nitrogens with one attached hydrogen (secondary N) is 1. The molecule has 8 heteroatoms. The number of ether oxygens (including phenoxy) is 1. The number of methoxy groups -OCH3 is 1. The van der Waals surface area contributed by atoms with Crippen molar-refractivity contribution in [3.8, 4) is 0 Å². The lowest BCUT2D eigenvalue weighted by Gasteiger charge is -2.30. The van der Waals surface area contributed by atoms with Gasteiger partial charge in [0.1, 0.15) is 11.9 Å². The van der Waals surface area contributed by atoms with Gasteiger partial charge in [-0.2, -0.15) is 0 Å². The number of likely N-dealkylation sites (tertiary alicyclic amines) is 1. The van der Waals surface area contributed by atoms with E-state index in [1.54, 1.807) is 11.0 Å². The van der Waals surface area contributed by atoms with Gasteiger partial charge in [-0.15, -0.1) is 0 Å². The summed E-state index contributed by atoms with van der Waals surface area (Å²) < 4.78 is 4.67.